The number of guanidine groups is 1. The number of amides is 2. The van der Waals surface area contributed by atoms with E-state index in [0.717, 1.165) is 18.7 Å². The van der Waals surface area contributed by atoms with Gasteiger partial charge in [-0.3, -0.25) is 19.5 Å². The number of nitrogens with one attached hydrogen (secondary N) is 2. The molecule has 0 bridgehead atoms. The molecule has 2 N–H and O–H groups in total. The van der Waals surface area contributed by atoms with Crippen molar-refractivity contribution >= 4 is 41.8 Å². The summed E-state index contributed by atoms with van der Waals surface area (Å²) in [5, 5.41) is 6.33. The van der Waals surface area contributed by atoms with Gasteiger partial charge in [-0.2, -0.15) is 0 Å². The van der Waals surface area contributed by atoms with Gasteiger partial charge in [0.25, 0.3) is 0 Å². The van der Waals surface area contributed by atoms with Gasteiger partial charge in [0.15, 0.2) is 5.96 Å². The molecule has 1 aromatic rings. The summed E-state index contributed by atoms with van der Waals surface area (Å²) in [7, 11) is 0. The zero-order chi connectivity index (χ0) is 18.6. The van der Waals surface area contributed by atoms with Crippen LogP contribution in [0.25, 0.3) is 0 Å². The highest BCUT2D eigenvalue weighted by Gasteiger charge is 2.25. The Kier molecular flexibility index (Phi) is 11.5. The first-order valence-corrected chi connectivity index (χ1v) is 9.24. The van der Waals surface area contributed by atoms with Crippen molar-refractivity contribution in [2.75, 3.05) is 32.8 Å². The summed E-state index contributed by atoms with van der Waals surface area (Å²) < 4.78 is 5.64. The molecule has 1 aliphatic rings. The molecule has 1 aliphatic heterocycles. The van der Waals surface area contributed by atoms with Crippen molar-refractivity contribution in [3.05, 3.63) is 30.3 Å². The molecule has 7 nitrogen and oxygen atoms in total. The smallest absolute Gasteiger partial charge is 0.229 e. The fraction of sp³-hybridized carbons (Fsp3) is 0.526. The monoisotopic (exact) mass is 488 g/mol. The molecule has 0 aliphatic carbocycles. The van der Waals surface area contributed by atoms with E-state index in [2.05, 4.69) is 15.6 Å². The van der Waals surface area contributed by atoms with Crippen molar-refractivity contribution < 1.29 is 14.3 Å². The van der Waals surface area contributed by atoms with Gasteiger partial charge in [0.2, 0.25) is 11.8 Å². The van der Waals surface area contributed by atoms with Gasteiger partial charge in [-0.05, 0) is 25.5 Å². The number of imide groups is 1. The van der Waals surface area contributed by atoms with Gasteiger partial charge < -0.3 is 15.4 Å². The molecule has 8 heteroatoms. The molecule has 0 unspecified atom stereocenters. The lowest BCUT2D eigenvalue weighted by molar-refractivity contribution is -0.147. The highest BCUT2D eigenvalue weighted by Crippen LogP contribution is 2.11. The minimum atomic E-state index is -0.0805. The van der Waals surface area contributed by atoms with E-state index in [-0.39, 0.29) is 35.8 Å². The molecule has 0 radical (unpaired) electrons. The summed E-state index contributed by atoms with van der Waals surface area (Å²) in [6, 6.07) is 9.70. The second-order valence-electron chi connectivity index (χ2n) is 6.00. The number of carbonyl (C=O) groups is 2. The quantitative estimate of drug-likeness (QED) is 0.183. The number of nitrogens with zero attached hydrogens (tertiary/aromatic N) is 2. The molecule has 2 amide bonds. The minimum absolute atomic E-state index is 0. The highest BCUT2D eigenvalue weighted by molar-refractivity contribution is 14.0. The van der Waals surface area contributed by atoms with E-state index in [4.69, 9.17) is 4.74 Å². The highest BCUT2D eigenvalue weighted by atomic mass is 127. The molecular formula is C19H29IN4O3. The van der Waals surface area contributed by atoms with Crippen LogP contribution < -0.4 is 15.4 Å². The Morgan fingerprint density at radius 1 is 1.15 bits per heavy atom. The number of para-hydroxylation sites is 1. The Bertz CT molecular complexity index is 594. The number of carbonyl (C=O) groups excluding carboxylic acids is 2. The predicted molar refractivity (Wildman–Crippen MR) is 117 cm³/mol. The van der Waals surface area contributed by atoms with Crippen molar-refractivity contribution in [3.63, 3.8) is 0 Å². The van der Waals surface area contributed by atoms with Gasteiger partial charge >= 0.3 is 0 Å². The molecule has 150 valence electrons. The van der Waals surface area contributed by atoms with E-state index in [0.29, 0.717) is 51.5 Å². The average molecular weight is 488 g/mol. The van der Waals surface area contributed by atoms with E-state index < -0.39 is 0 Å². The summed E-state index contributed by atoms with van der Waals surface area (Å²) >= 11 is 0. The molecule has 0 spiro atoms. The molecular weight excluding hydrogens is 459 g/mol. The van der Waals surface area contributed by atoms with Gasteiger partial charge in [-0.1, -0.05) is 18.2 Å². The van der Waals surface area contributed by atoms with Gasteiger partial charge in [0.05, 0.1) is 6.61 Å². The summed E-state index contributed by atoms with van der Waals surface area (Å²) in [6.45, 7) is 4.83. The number of likely N-dealkylation sites (tertiary alicyclic amines) is 1. The van der Waals surface area contributed by atoms with Gasteiger partial charge in [0.1, 0.15) is 5.75 Å². The third kappa shape index (κ3) is 8.59. The molecule has 1 aromatic carbocycles. The second kappa shape index (κ2) is 13.3. The molecule has 0 saturated carbocycles. The maximum atomic E-state index is 11.8. The number of piperidine rings is 1. The van der Waals surface area contributed by atoms with Crippen LogP contribution in [0.2, 0.25) is 0 Å². The van der Waals surface area contributed by atoms with Crippen molar-refractivity contribution in [2.45, 2.75) is 32.6 Å². The first kappa shape index (κ1) is 23.2. The van der Waals surface area contributed by atoms with E-state index in [1.165, 1.54) is 4.90 Å². The van der Waals surface area contributed by atoms with Crippen LogP contribution in [0.5, 0.6) is 5.75 Å². The zero-order valence-electron chi connectivity index (χ0n) is 15.8. The molecule has 1 fully saturated rings. The van der Waals surface area contributed by atoms with Crippen molar-refractivity contribution in [3.8, 4) is 5.75 Å². The van der Waals surface area contributed by atoms with Crippen LogP contribution in [0.3, 0.4) is 0 Å². The lowest BCUT2D eigenvalue weighted by Gasteiger charge is -2.25. The average Bonchev–Trinajstić information content (AvgIpc) is 2.64. The van der Waals surface area contributed by atoms with Crippen LogP contribution >= 0.6 is 24.0 Å². The van der Waals surface area contributed by atoms with Crippen molar-refractivity contribution in [1.29, 1.82) is 0 Å². The third-order valence-electron chi connectivity index (χ3n) is 3.94. The van der Waals surface area contributed by atoms with Gasteiger partial charge in [-0.25, -0.2) is 0 Å². The van der Waals surface area contributed by atoms with Crippen molar-refractivity contribution in [2.24, 2.45) is 4.99 Å². The van der Waals surface area contributed by atoms with Crippen LogP contribution in [0.4, 0.5) is 0 Å². The number of hydrogen-bond donors (Lipinski definition) is 2. The van der Waals surface area contributed by atoms with E-state index >= 15 is 0 Å². The van der Waals surface area contributed by atoms with Gasteiger partial charge in [-0.15, -0.1) is 24.0 Å². The first-order valence-electron chi connectivity index (χ1n) is 9.24. The fourth-order valence-corrected chi connectivity index (χ4v) is 2.64. The Labute approximate surface area is 178 Å². The standard InChI is InChI=1S/C19H28N4O3.HI/c1-2-20-19(21-12-7-15-26-16-8-4-3-5-9-16)22-13-14-23-17(24)10-6-11-18(23)25;/h3-5,8-9H,2,6-7,10-15H2,1H3,(H2,20,21,22);1H. The van der Waals surface area contributed by atoms with Crippen molar-refractivity contribution in [1.82, 2.24) is 15.5 Å². The largest absolute Gasteiger partial charge is 0.494 e. The van der Waals surface area contributed by atoms with Crippen LogP contribution in [0.1, 0.15) is 32.6 Å². The molecule has 0 atom stereocenters. The Morgan fingerprint density at radius 3 is 2.52 bits per heavy atom. The minimum Gasteiger partial charge on any atom is -0.494 e. The third-order valence-corrected chi connectivity index (χ3v) is 3.94. The maximum Gasteiger partial charge on any atom is 0.229 e. The molecule has 27 heavy (non-hydrogen) atoms. The molecule has 0 aromatic heterocycles. The Hall–Kier alpha value is -1.84. The first-order chi connectivity index (χ1) is 12.7. The number of halogens is 1. The lowest BCUT2D eigenvalue weighted by Crippen LogP contribution is -2.46. The van der Waals surface area contributed by atoms with Crippen LogP contribution in [0, 0.1) is 0 Å². The topological polar surface area (TPSA) is 83.0 Å². The maximum absolute atomic E-state index is 11.8. The van der Waals surface area contributed by atoms with E-state index in [9.17, 15) is 9.59 Å². The summed E-state index contributed by atoms with van der Waals surface area (Å²) in [4.78, 5) is 29.4. The van der Waals surface area contributed by atoms with E-state index in [1.54, 1.807) is 0 Å². The Morgan fingerprint density at radius 2 is 1.85 bits per heavy atom. The number of benzene rings is 1. The molecule has 2 rings (SSSR count). The van der Waals surface area contributed by atoms with Crippen LogP contribution in [-0.4, -0.2) is 55.5 Å². The second-order valence-corrected chi connectivity index (χ2v) is 6.00. The number of ether oxygens (including phenoxy) is 1. The lowest BCUT2D eigenvalue weighted by atomic mass is 10.1. The number of hydrogen-bond acceptors (Lipinski definition) is 4. The van der Waals surface area contributed by atoms with Crippen LogP contribution in [0.15, 0.2) is 35.3 Å². The molecule has 1 heterocycles. The normalized spacial score (nSPS) is 14.6. The SMILES string of the molecule is CCNC(=NCCCOc1ccccc1)NCCN1C(=O)CCCC1=O.I. The predicted octanol–water partition coefficient (Wildman–Crippen LogP) is 2.17. The zero-order valence-corrected chi connectivity index (χ0v) is 18.1. The summed E-state index contributed by atoms with van der Waals surface area (Å²) in [5.74, 6) is 1.38. The van der Waals surface area contributed by atoms with Crippen LogP contribution in [-0.2, 0) is 9.59 Å². The molecule has 1 saturated heterocycles. The number of aliphatic imine (C=N–C) groups is 1. The number of rotatable bonds is 9. The Balaban J connectivity index is 0.00000364. The summed E-state index contributed by atoms with van der Waals surface area (Å²) in [5.41, 5.74) is 0. The van der Waals surface area contributed by atoms with E-state index in [1.807, 2.05) is 37.3 Å². The summed E-state index contributed by atoms with van der Waals surface area (Å²) in [6.07, 6.45) is 2.38. The fourth-order valence-electron chi connectivity index (χ4n) is 2.64. The van der Waals surface area contributed by atoms with Gasteiger partial charge in [0, 0.05) is 45.4 Å².